The van der Waals surface area contributed by atoms with Gasteiger partial charge in [-0.2, -0.15) is 16.5 Å². The van der Waals surface area contributed by atoms with Crippen LogP contribution in [0.4, 0.5) is 10.5 Å². The van der Waals surface area contributed by atoms with Crippen LogP contribution in [0.25, 0.3) is 11.6 Å². The van der Waals surface area contributed by atoms with Gasteiger partial charge in [-0.1, -0.05) is 44.9 Å². The number of thioether (sulfide) groups is 1. The van der Waals surface area contributed by atoms with Gasteiger partial charge in [-0.25, -0.2) is 4.79 Å². The molecule has 0 aromatic heterocycles. The summed E-state index contributed by atoms with van der Waals surface area (Å²) in [6, 6.07) is 4.46. The lowest BCUT2D eigenvalue weighted by atomic mass is 9.65. The zero-order chi connectivity index (χ0) is 31.3. The number of ether oxygens (including phenoxy) is 2. The Morgan fingerprint density at radius 3 is 2.80 bits per heavy atom. The van der Waals surface area contributed by atoms with E-state index in [1.165, 1.54) is 0 Å². The third-order valence-corrected chi connectivity index (χ3v) is 11.0. The van der Waals surface area contributed by atoms with E-state index in [-0.39, 0.29) is 41.5 Å². The van der Waals surface area contributed by atoms with Crippen LogP contribution in [0.15, 0.2) is 36.4 Å². The zero-order valence-corrected chi connectivity index (χ0v) is 27.4. The van der Waals surface area contributed by atoms with Crippen LogP contribution in [0, 0.1) is 16.0 Å². The topological polar surface area (TPSA) is 103 Å². The Morgan fingerprint density at radius 2 is 1.98 bits per heavy atom. The minimum absolute atomic E-state index is 0.0141. The predicted octanol–water partition coefficient (Wildman–Crippen LogP) is 6.89. The van der Waals surface area contributed by atoms with Gasteiger partial charge in [-0.3, -0.25) is 4.79 Å². The van der Waals surface area contributed by atoms with Gasteiger partial charge in [-0.05, 0) is 69.7 Å². The Hall–Kier alpha value is -3.20. The lowest BCUT2D eigenvalue weighted by Crippen LogP contribution is -2.36. The molecule has 0 saturated carbocycles. The average molecular weight is 620 g/mol. The van der Waals surface area contributed by atoms with Crippen molar-refractivity contribution in [3.8, 4) is 5.75 Å². The molecular weight excluding hydrogens is 574 g/mol. The molecule has 0 spiro atoms. The zero-order valence-electron chi connectivity index (χ0n) is 26.5. The van der Waals surface area contributed by atoms with E-state index in [2.05, 4.69) is 44.4 Å². The number of carbonyl (C=O) groups is 2. The minimum atomic E-state index is -0.566. The number of unbranched alkanes of at least 4 members (excludes halogenated alkanes) is 2. The highest BCUT2D eigenvalue weighted by molar-refractivity contribution is 8.00. The van der Waals surface area contributed by atoms with Crippen molar-refractivity contribution in [3.63, 3.8) is 0 Å². The fourth-order valence-corrected chi connectivity index (χ4v) is 9.31. The van der Waals surface area contributed by atoms with E-state index in [0.717, 1.165) is 65.0 Å². The van der Waals surface area contributed by atoms with E-state index in [1.807, 2.05) is 55.1 Å². The average Bonchev–Trinajstić information content (AvgIpc) is 3.58. The van der Waals surface area contributed by atoms with Crippen molar-refractivity contribution in [1.29, 1.82) is 0 Å². The number of hydrogen-bond acceptors (Lipinski definition) is 6. The summed E-state index contributed by atoms with van der Waals surface area (Å²) < 4.78 is 13.0. The van der Waals surface area contributed by atoms with Crippen molar-refractivity contribution in [1.82, 2.24) is 10.6 Å². The fourth-order valence-electron chi connectivity index (χ4n) is 7.76. The minimum Gasteiger partial charge on any atom is -0.618 e. The molecule has 5 aliphatic rings. The number of allylic oxidation sites excluding steroid dienone is 2. The maximum Gasteiger partial charge on any atom is 0.315 e. The number of esters is 1. The number of rotatable bonds is 10. The summed E-state index contributed by atoms with van der Waals surface area (Å²) in [7, 11) is 0. The number of amides is 2. The van der Waals surface area contributed by atoms with E-state index >= 15 is 0 Å². The first kappa shape index (κ1) is 30.8. The summed E-state index contributed by atoms with van der Waals surface area (Å²) in [5.74, 6) is 1.50. The molecule has 4 atom stereocenters. The van der Waals surface area contributed by atoms with Crippen LogP contribution < -0.4 is 15.4 Å². The van der Waals surface area contributed by atoms with Gasteiger partial charge in [0, 0.05) is 23.8 Å². The molecule has 44 heavy (non-hydrogen) atoms. The van der Waals surface area contributed by atoms with E-state index in [4.69, 9.17) is 9.47 Å². The maximum absolute atomic E-state index is 13.7. The van der Waals surface area contributed by atoms with Crippen molar-refractivity contribution in [2.45, 2.75) is 102 Å². The highest BCUT2D eigenvalue weighted by Gasteiger charge is 2.49. The highest BCUT2D eigenvalue weighted by Crippen LogP contribution is 2.53. The smallest absolute Gasteiger partial charge is 0.315 e. The fraction of sp³-hybridized carbons (Fsp3) is 0.571. The van der Waals surface area contributed by atoms with E-state index in [1.54, 1.807) is 0 Å². The SMILES string of the molecule is CC1(C)C=C2C(=[N+]([O-])c3c2ccc2c3C=CC(C)(C/C=C/COC(=O)CCCCCC3SCC4NC(=O)NC43)O2)C(C)(C)C1. The van der Waals surface area contributed by atoms with Gasteiger partial charge >= 0.3 is 12.0 Å². The summed E-state index contributed by atoms with van der Waals surface area (Å²) in [5, 5.41) is 20.1. The standard InChI is InChI=1S/C35H45N3O5S/c1-33(2)19-24-22-13-14-26-23(30(22)38(41)31(24)34(3,4)21-33)15-17-35(5,43-26)16-9-10-18-42-28(39)12-8-6-7-11-27-29-25(20-44-27)36-32(40)37-29/h9-10,13-15,17,19,25,27,29H,6-8,11-12,16,18,20-21H2,1-5H3,(H2,36,37,40)/b10-9+. The number of benzene rings is 1. The number of nitrogens with zero attached hydrogens (tertiary/aromatic N) is 1. The van der Waals surface area contributed by atoms with Crippen molar-refractivity contribution in [3.05, 3.63) is 52.8 Å². The highest BCUT2D eigenvalue weighted by atomic mass is 32.2. The Labute approximate surface area is 265 Å². The summed E-state index contributed by atoms with van der Waals surface area (Å²) in [4.78, 5) is 23.7. The number of hydrogen-bond donors (Lipinski definition) is 2. The summed E-state index contributed by atoms with van der Waals surface area (Å²) >= 11 is 1.92. The Bertz CT molecular complexity index is 1470. The second-order valence-electron chi connectivity index (χ2n) is 14.5. The molecule has 6 rings (SSSR count). The first-order chi connectivity index (χ1) is 20.9. The van der Waals surface area contributed by atoms with Crippen LogP contribution in [-0.2, 0) is 9.53 Å². The van der Waals surface area contributed by atoms with Crippen molar-refractivity contribution >= 4 is 46.8 Å². The second-order valence-corrected chi connectivity index (χ2v) is 15.7. The number of carbonyl (C=O) groups excluding carboxylic acids is 2. The molecule has 4 aliphatic heterocycles. The molecule has 2 saturated heterocycles. The summed E-state index contributed by atoms with van der Waals surface area (Å²) in [6.07, 6.45) is 16.0. The molecule has 2 amide bonds. The molecule has 236 valence electrons. The lowest BCUT2D eigenvalue weighted by molar-refractivity contribution is -0.361. The van der Waals surface area contributed by atoms with Gasteiger partial charge in [-0.15, -0.1) is 0 Å². The Morgan fingerprint density at radius 1 is 1.16 bits per heavy atom. The predicted molar refractivity (Wildman–Crippen MR) is 176 cm³/mol. The lowest BCUT2D eigenvalue weighted by Gasteiger charge is -2.36. The molecule has 2 N–H and O–H groups in total. The largest absolute Gasteiger partial charge is 0.618 e. The van der Waals surface area contributed by atoms with Gasteiger partial charge in [0.1, 0.15) is 18.0 Å². The first-order valence-corrected chi connectivity index (χ1v) is 17.0. The van der Waals surface area contributed by atoms with Crippen LogP contribution in [0.5, 0.6) is 5.75 Å². The molecule has 2 fully saturated rings. The quantitative estimate of drug-likeness (QED) is 0.0738. The van der Waals surface area contributed by atoms with Crippen LogP contribution in [-0.4, -0.2) is 57.7 Å². The van der Waals surface area contributed by atoms with E-state index in [0.29, 0.717) is 29.5 Å². The molecule has 4 heterocycles. The third kappa shape index (κ3) is 6.04. The molecular formula is C35H45N3O5S. The number of fused-ring (bicyclic) bond motifs is 6. The van der Waals surface area contributed by atoms with Gasteiger partial charge < -0.3 is 25.3 Å². The first-order valence-electron chi connectivity index (χ1n) is 16.0. The molecule has 1 aromatic rings. The number of nitrogens with one attached hydrogen (secondary N) is 2. The molecule has 1 aromatic carbocycles. The molecule has 1 aliphatic carbocycles. The second kappa shape index (κ2) is 11.6. The van der Waals surface area contributed by atoms with Gasteiger partial charge in [0.25, 0.3) is 0 Å². The third-order valence-electron chi connectivity index (χ3n) is 9.49. The normalized spacial score (nSPS) is 28.9. The van der Waals surface area contributed by atoms with E-state index in [9.17, 15) is 14.8 Å². The Kier molecular flexibility index (Phi) is 8.14. The van der Waals surface area contributed by atoms with Crippen molar-refractivity contribution < 1.29 is 23.8 Å². The molecule has 4 unspecified atom stereocenters. The summed E-state index contributed by atoms with van der Waals surface area (Å²) in [5.41, 5.74) is 3.62. The van der Waals surface area contributed by atoms with Crippen LogP contribution in [0.1, 0.15) is 90.7 Å². The van der Waals surface area contributed by atoms with Crippen molar-refractivity contribution in [2.24, 2.45) is 10.8 Å². The maximum atomic E-state index is 13.7. The monoisotopic (exact) mass is 619 g/mol. The van der Waals surface area contributed by atoms with Crippen LogP contribution in [0.2, 0.25) is 0 Å². The molecule has 0 radical (unpaired) electrons. The van der Waals surface area contributed by atoms with Crippen molar-refractivity contribution in [2.75, 3.05) is 12.4 Å². The van der Waals surface area contributed by atoms with Crippen LogP contribution >= 0.6 is 11.8 Å². The molecule has 8 nitrogen and oxygen atoms in total. The van der Waals surface area contributed by atoms with Gasteiger partial charge in [0.05, 0.1) is 34.2 Å². The van der Waals surface area contributed by atoms with Crippen LogP contribution in [0.3, 0.4) is 0 Å². The molecule has 9 heteroatoms. The van der Waals surface area contributed by atoms with E-state index < -0.39 is 5.60 Å². The van der Waals surface area contributed by atoms with Gasteiger partial charge in [0.15, 0.2) is 0 Å². The van der Waals surface area contributed by atoms with Gasteiger partial charge in [0.2, 0.25) is 11.4 Å². The Balaban J connectivity index is 0.960. The number of urea groups is 1. The summed E-state index contributed by atoms with van der Waals surface area (Å²) in [6.45, 7) is 11.1. The molecule has 0 bridgehead atoms.